The van der Waals surface area contributed by atoms with E-state index in [4.69, 9.17) is 0 Å². The van der Waals surface area contributed by atoms with Gasteiger partial charge in [0.05, 0.1) is 6.54 Å². The van der Waals surface area contributed by atoms with Crippen molar-refractivity contribution in [1.82, 2.24) is 16.0 Å². The molecule has 0 fully saturated rings. The van der Waals surface area contributed by atoms with Gasteiger partial charge in [-0.05, 0) is 37.6 Å². The third-order valence-corrected chi connectivity index (χ3v) is 3.69. The van der Waals surface area contributed by atoms with Crippen molar-refractivity contribution in [3.05, 3.63) is 71.0 Å². The monoisotopic (exact) mass is 484 g/mol. The van der Waals surface area contributed by atoms with Crippen LogP contribution in [0.1, 0.15) is 35.3 Å². The third kappa shape index (κ3) is 7.54. The second-order valence-electron chi connectivity index (χ2n) is 5.70. The summed E-state index contributed by atoms with van der Waals surface area (Å²) in [4.78, 5) is 16.4. The van der Waals surface area contributed by atoms with Gasteiger partial charge in [-0.3, -0.25) is 4.79 Å². The fraction of sp³-hybridized carbons (Fsp3) is 0.300. The van der Waals surface area contributed by atoms with E-state index in [2.05, 4.69) is 20.9 Å². The zero-order valence-corrected chi connectivity index (χ0v) is 17.9. The standard InChI is InChI=1S/C20H25FN4O.HI/c1-3-22-19(26)16-10-7-8-15(12-16)13-24-20(23-4-2)25-14-17-9-5-6-11-18(17)21;/h5-12H,3-4,13-14H2,1-2H3,(H,22,26)(H2,23,24,25);1H. The van der Waals surface area contributed by atoms with Crippen molar-refractivity contribution in [2.45, 2.75) is 26.9 Å². The maximum Gasteiger partial charge on any atom is 0.251 e. The lowest BCUT2D eigenvalue weighted by molar-refractivity contribution is 0.0955. The number of benzene rings is 2. The van der Waals surface area contributed by atoms with Crippen molar-refractivity contribution in [1.29, 1.82) is 0 Å². The number of hydrogen-bond donors (Lipinski definition) is 3. The van der Waals surface area contributed by atoms with Crippen LogP contribution < -0.4 is 16.0 Å². The van der Waals surface area contributed by atoms with Crippen LogP contribution in [-0.2, 0) is 13.1 Å². The molecule has 27 heavy (non-hydrogen) atoms. The lowest BCUT2D eigenvalue weighted by Gasteiger charge is -2.12. The zero-order chi connectivity index (χ0) is 18.8. The summed E-state index contributed by atoms with van der Waals surface area (Å²) in [5.41, 5.74) is 2.12. The van der Waals surface area contributed by atoms with E-state index in [-0.39, 0.29) is 35.7 Å². The minimum atomic E-state index is -0.245. The van der Waals surface area contributed by atoms with Crippen molar-refractivity contribution in [3.8, 4) is 0 Å². The molecule has 0 radical (unpaired) electrons. The first-order chi connectivity index (χ1) is 12.6. The Morgan fingerprint density at radius 3 is 2.44 bits per heavy atom. The van der Waals surface area contributed by atoms with Gasteiger partial charge in [0.1, 0.15) is 5.82 Å². The van der Waals surface area contributed by atoms with Gasteiger partial charge in [-0.25, -0.2) is 9.38 Å². The average molecular weight is 484 g/mol. The normalized spacial score (nSPS) is 10.7. The molecule has 0 aliphatic carbocycles. The number of nitrogens with zero attached hydrogens (tertiary/aromatic N) is 1. The third-order valence-electron chi connectivity index (χ3n) is 3.69. The summed E-state index contributed by atoms with van der Waals surface area (Å²) in [6.45, 7) is 5.90. The summed E-state index contributed by atoms with van der Waals surface area (Å²) in [5.74, 6) is 0.257. The Morgan fingerprint density at radius 1 is 1.00 bits per heavy atom. The van der Waals surface area contributed by atoms with Gasteiger partial charge in [-0.1, -0.05) is 30.3 Å². The largest absolute Gasteiger partial charge is 0.357 e. The number of hydrogen-bond acceptors (Lipinski definition) is 2. The minimum Gasteiger partial charge on any atom is -0.357 e. The Morgan fingerprint density at radius 2 is 1.74 bits per heavy atom. The minimum absolute atomic E-state index is 0. The second-order valence-corrected chi connectivity index (χ2v) is 5.70. The number of aliphatic imine (C=N–C) groups is 1. The van der Waals surface area contributed by atoms with Crippen molar-refractivity contribution in [2.24, 2.45) is 4.99 Å². The topological polar surface area (TPSA) is 65.5 Å². The van der Waals surface area contributed by atoms with Gasteiger partial charge >= 0.3 is 0 Å². The van der Waals surface area contributed by atoms with Crippen molar-refractivity contribution in [2.75, 3.05) is 13.1 Å². The first kappa shape index (κ1) is 22.9. The Balaban J connectivity index is 0.00000364. The van der Waals surface area contributed by atoms with Crippen LogP contribution in [0.15, 0.2) is 53.5 Å². The van der Waals surface area contributed by atoms with E-state index < -0.39 is 0 Å². The number of guanidine groups is 1. The quantitative estimate of drug-likeness (QED) is 0.321. The van der Waals surface area contributed by atoms with Crippen LogP contribution in [0.25, 0.3) is 0 Å². The number of carbonyl (C=O) groups is 1. The molecule has 2 rings (SSSR count). The van der Waals surface area contributed by atoms with Crippen molar-refractivity contribution in [3.63, 3.8) is 0 Å². The molecule has 3 N–H and O–H groups in total. The SMILES string of the molecule is CCNC(=O)c1cccc(CN=C(NCC)NCc2ccccc2F)c1.I. The number of halogens is 2. The van der Waals surface area contributed by atoms with Gasteiger partial charge in [0.25, 0.3) is 5.91 Å². The van der Waals surface area contributed by atoms with Gasteiger partial charge in [-0.2, -0.15) is 0 Å². The molecule has 0 atom stereocenters. The number of rotatable bonds is 7. The highest BCUT2D eigenvalue weighted by Crippen LogP contribution is 2.08. The summed E-state index contributed by atoms with van der Waals surface area (Å²) in [5, 5.41) is 9.05. The van der Waals surface area contributed by atoms with Gasteiger partial charge in [0, 0.05) is 30.8 Å². The molecule has 1 amide bonds. The summed E-state index contributed by atoms with van der Waals surface area (Å²) < 4.78 is 13.7. The van der Waals surface area contributed by atoms with Crippen LogP contribution in [0.2, 0.25) is 0 Å². The molecule has 0 unspecified atom stereocenters. The highest BCUT2D eigenvalue weighted by molar-refractivity contribution is 14.0. The molecule has 0 aromatic heterocycles. The molecule has 146 valence electrons. The van der Waals surface area contributed by atoms with Crippen LogP contribution in [0.4, 0.5) is 4.39 Å². The number of carbonyl (C=O) groups excluding carboxylic acids is 1. The summed E-state index contributed by atoms with van der Waals surface area (Å²) in [6.07, 6.45) is 0. The Hall–Kier alpha value is -2.16. The first-order valence-corrected chi connectivity index (χ1v) is 8.76. The van der Waals surface area contributed by atoms with Crippen LogP contribution in [0, 0.1) is 5.82 Å². The first-order valence-electron chi connectivity index (χ1n) is 8.76. The predicted octanol–water partition coefficient (Wildman–Crippen LogP) is 3.45. The maximum atomic E-state index is 13.7. The molecule has 2 aromatic carbocycles. The molecule has 5 nitrogen and oxygen atoms in total. The van der Waals surface area contributed by atoms with E-state index in [1.54, 1.807) is 24.3 Å². The van der Waals surface area contributed by atoms with E-state index in [9.17, 15) is 9.18 Å². The molecule has 0 saturated carbocycles. The molecule has 0 heterocycles. The maximum absolute atomic E-state index is 13.7. The molecule has 0 spiro atoms. The van der Waals surface area contributed by atoms with Gasteiger partial charge < -0.3 is 16.0 Å². The molecule has 0 saturated heterocycles. The molecule has 7 heteroatoms. The number of nitrogens with one attached hydrogen (secondary N) is 3. The van der Waals surface area contributed by atoms with Gasteiger partial charge in [0.15, 0.2) is 5.96 Å². The smallest absolute Gasteiger partial charge is 0.251 e. The summed E-state index contributed by atoms with van der Waals surface area (Å²) >= 11 is 0. The molecular formula is C20H26FIN4O. The second kappa shape index (κ2) is 12.3. The molecule has 0 aliphatic rings. The van der Waals surface area contributed by atoms with E-state index in [1.165, 1.54) is 6.07 Å². The zero-order valence-electron chi connectivity index (χ0n) is 15.6. The van der Waals surface area contributed by atoms with E-state index in [1.807, 2.05) is 32.0 Å². The van der Waals surface area contributed by atoms with Crippen LogP contribution in [-0.4, -0.2) is 25.0 Å². The van der Waals surface area contributed by atoms with Crippen LogP contribution in [0.3, 0.4) is 0 Å². The summed E-state index contributed by atoms with van der Waals surface area (Å²) in [7, 11) is 0. The predicted molar refractivity (Wildman–Crippen MR) is 118 cm³/mol. The van der Waals surface area contributed by atoms with Crippen LogP contribution in [0.5, 0.6) is 0 Å². The highest BCUT2D eigenvalue weighted by Gasteiger charge is 2.05. The molecular weight excluding hydrogens is 458 g/mol. The molecule has 0 bridgehead atoms. The highest BCUT2D eigenvalue weighted by atomic mass is 127. The summed E-state index contributed by atoms with van der Waals surface area (Å²) in [6, 6.07) is 14.0. The fourth-order valence-electron chi connectivity index (χ4n) is 2.41. The average Bonchev–Trinajstić information content (AvgIpc) is 2.65. The van der Waals surface area contributed by atoms with E-state index in [0.29, 0.717) is 43.3 Å². The lowest BCUT2D eigenvalue weighted by Crippen LogP contribution is -2.37. The van der Waals surface area contributed by atoms with E-state index >= 15 is 0 Å². The van der Waals surface area contributed by atoms with Crippen molar-refractivity contribution >= 4 is 35.8 Å². The Kier molecular flexibility index (Phi) is 10.4. The lowest BCUT2D eigenvalue weighted by atomic mass is 10.1. The molecule has 2 aromatic rings. The van der Waals surface area contributed by atoms with Gasteiger partial charge in [0.2, 0.25) is 0 Å². The number of amides is 1. The fourth-order valence-corrected chi connectivity index (χ4v) is 2.41. The van der Waals surface area contributed by atoms with E-state index in [0.717, 1.165) is 5.56 Å². The molecule has 0 aliphatic heterocycles. The Bertz CT molecular complexity index is 767. The van der Waals surface area contributed by atoms with Crippen LogP contribution >= 0.6 is 24.0 Å². The van der Waals surface area contributed by atoms with Gasteiger partial charge in [-0.15, -0.1) is 24.0 Å². The van der Waals surface area contributed by atoms with Crippen molar-refractivity contribution < 1.29 is 9.18 Å². The Labute approximate surface area is 176 Å².